The summed E-state index contributed by atoms with van der Waals surface area (Å²) in [5.74, 6) is 1.09. The minimum atomic E-state index is -0.120. The lowest BCUT2D eigenvalue weighted by Gasteiger charge is -2.31. The average Bonchev–Trinajstić information content (AvgIpc) is 2.74. The first kappa shape index (κ1) is 12.2. The molecule has 2 aliphatic carbocycles. The SMILES string of the molecule is Cc1ccc(C(=O)N/N=C2/CC3C=CCC23)cc1C. The topological polar surface area (TPSA) is 41.5 Å². The average molecular weight is 254 g/mol. The van der Waals surface area contributed by atoms with Crippen LogP contribution in [0.1, 0.15) is 34.3 Å². The molecule has 3 nitrogen and oxygen atoms in total. The van der Waals surface area contributed by atoms with Crippen molar-refractivity contribution in [3.8, 4) is 0 Å². The van der Waals surface area contributed by atoms with Crippen molar-refractivity contribution in [3.63, 3.8) is 0 Å². The molecule has 2 aliphatic rings. The monoisotopic (exact) mass is 254 g/mol. The van der Waals surface area contributed by atoms with E-state index in [2.05, 4.69) is 22.7 Å². The van der Waals surface area contributed by atoms with Gasteiger partial charge in [-0.15, -0.1) is 0 Å². The summed E-state index contributed by atoms with van der Waals surface area (Å²) in [6.45, 7) is 4.05. The highest BCUT2D eigenvalue weighted by atomic mass is 16.2. The molecule has 3 heteroatoms. The van der Waals surface area contributed by atoms with Gasteiger partial charge in [0.1, 0.15) is 0 Å². The molecule has 3 rings (SSSR count). The van der Waals surface area contributed by atoms with Crippen LogP contribution in [-0.2, 0) is 0 Å². The van der Waals surface area contributed by atoms with Crippen LogP contribution in [0.4, 0.5) is 0 Å². The van der Waals surface area contributed by atoms with Gasteiger partial charge in [-0.2, -0.15) is 5.10 Å². The highest BCUT2D eigenvalue weighted by Crippen LogP contribution is 2.40. The fourth-order valence-electron chi connectivity index (χ4n) is 2.73. The van der Waals surface area contributed by atoms with Gasteiger partial charge in [0, 0.05) is 17.2 Å². The summed E-state index contributed by atoms with van der Waals surface area (Å²) in [6.07, 6.45) is 6.54. The van der Waals surface area contributed by atoms with Crippen molar-refractivity contribution in [3.05, 3.63) is 47.0 Å². The maximum absolute atomic E-state index is 12.0. The molecule has 19 heavy (non-hydrogen) atoms. The van der Waals surface area contributed by atoms with Crippen LogP contribution in [0.5, 0.6) is 0 Å². The molecule has 1 amide bonds. The van der Waals surface area contributed by atoms with Crippen molar-refractivity contribution < 1.29 is 4.79 Å². The van der Waals surface area contributed by atoms with E-state index in [1.165, 1.54) is 5.56 Å². The Balaban J connectivity index is 1.65. The third-order valence-electron chi connectivity index (χ3n) is 4.23. The number of hydrogen-bond acceptors (Lipinski definition) is 2. The number of carbonyl (C=O) groups is 1. The van der Waals surface area contributed by atoms with Gasteiger partial charge in [-0.1, -0.05) is 18.2 Å². The van der Waals surface area contributed by atoms with Crippen LogP contribution < -0.4 is 5.43 Å². The lowest BCUT2D eigenvalue weighted by molar-refractivity contribution is 0.0954. The second-order valence-electron chi connectivity index (χ2n) is 5.48. The minimum absolute atomic E-state index is 0.120. The molecule has 1 N–H and O–H groups in total. The van der Waals surface area contributed by atoms with Gasteiger partial charge in [0.2, 0.25) is 0 Å². The summed E-state index contributed by atoms with van der Waals surface area (Å²) in [5, 5.41) is 4.28. The van der Waals surface area contributed by atoms with E-state index in [0.29, 0.717) is 17.4 Å². The number of allylic oxidation sites excluding steroid dienone is 2. The van der Waals surface area contributed by atoms with Gasteiger partial charge in [0.05, 0.1) is 0 Å². The maximum atomic E-state index is 12.0. The molecule has 1 aromatic rings. The lowest BCUT2D eigenvalue weighted by atomic mass is 9.74. The van der Waals surface area contributed by atoms with Crippen LogP contribution in [0.2, 0.25) is 0 Å². The first-order valence-electron chi connectivity index (χ1n) is 6.76. The van der Waals surface area contributed by atoms with Crippen LogP contribution in [0.3, 0.4) is 0 Å². The summed E-state index contributed by atoms with van der Waals surface area (Å²) in [6, 6.07) is 5.72. The van der Waals surface area contributed by atoms with Crippen molar-refractivity contribution in [1.29, 1.82) is 0 Å². The number of nitrogens with zero attached hydrogens (tertiary/aromatic N) is 1. The summed E-state index contributed by atoms with van der Waals surface area (Å²) in [4.78, 5) is 12.0. The van der Waals surface area contributed by atoms with Crippen LogP contribution in [0.25, 0.3) is 0 Å². The molecule has 0 bridgehead atoms. The smallest absolute Gasteiger partial charge is 0.267 e. The van der Waals surface area contributed by atoms with Gasteiger partial charge in [-0.25, -0.2) is 5.43 Å². The number of hydrogen-bond donors (Lipinski definition) is 1. The molecule has 0 spiro atoms. The van der Waals surface area contributed by atoms with E-state index in [9.17, 15) is 4.79 Å². The number of benzene rings is 1. The zero-order valence-corrected chi connectivity index (χ0v) is 11.3. The van der Waals surface area contributed by atoms with Crippen molar-refractivity contribution in [2.24, 2.45) is 16.9 Å². The van der Waals surface area contributed by atoms with Crippen molar-refractivity contribution >= 4 is 11.6 Å². The van der Waals surface area contributed by atoms with Crippen molar-refractivity contribution in [2.45, 2.75) is 26.7 Å². The molecular formula is C16H18N2O. The molecule has 0 aromatic heterocycles. The summed E-state index contributed by atoms with van der Waals surface area (Å²) >= 11 is 0. The van der Waals surface area contributed by atoms with Gasteiger partial charge < -0.3 is 0 Å². The Hall–Kier alpha value is -1.90. The number of carbonyl (C=O) groups excluding carboxylic acids is 1. The number of fused-ring (bicyclic) bond motifs is 1. The lowest BCUT2D eigenvalue weighted by Crippen LogP contribution is -2.35. The van der Waals surface area contributed by atoms with Gasteiger partial charge in [-0.05, 0) is 55.9 Å². The Morgan fingerprint density at radius 2 is 2.16 bits per heavy atom. The molecule has 0 heterocycles. The first-order chi connectivity index (χ1) is 9.15. The fourth-order valence-corrected chi connectivity index (χ4v) is 2.73. The summed E-state index contributed by atoms with van der Waals surface area (Å²) in [7, 11) is 0. The second-order valence-corrected chi connectivity index (χ2v) is 5.48. The number of nitrogens with one attached hydrogen (secondary N) is 1. The van der Waals surface area contributed by atoms with Gasteiger partial charge in [0.15, 0.2) is 0 Å². The van der Waals surface area contributed by atoms with E-state index in [0.717, 1.165) is 24.1 Å². The number of amides is 1. The van der Waals surface area contributed by atoms with E-state index in [4.69, 9.17) is 0 Å². The van der Waals surface area contributed by atoms with Crippen molar-refractivity contribution in [2.75, 3.05) is 0 Å². The predicted octanol–water partition coefficient (Wildman–Crippen LogP) is 2.99. The quantitative estimate of drug-likeness (QED) is 0.639. The number of rotatable bonds is 2. The molecule has 1 fully saturated rings. The third kappa shape index (κ3) is 2.21. The molecule has 1 aromatic carbocycles. The highest BCUT2D eigenvalue weighted by molar-refractivity contribution is 5.98. The molecule has 2 atom stereocenters. The minimum Gasteiger partial charge on any atom is -0.267 e. The summed E-state index contributed by atoms with van der Waals surface area (Å²) in [5.41, 5.74) is 6.81. The molecular weight excluding hydrogens is 236 g/mol. The molecule has 98 valence electrons. The van der Waals surface area contributed by atoms with Crippen LogP contribution in [0, 0.1) is 25.7 Å². The summed E-state index contributed by atoms with van der Waals surface area (Å²) < 4.78 is 0. The van der Waals surface area contributed by atoms with Crippen LogP contribution in [-0.4, -0.2) is 11.6 Å². The number of aryl methyl sites for hydroxylation is 2. The molecule has 0 radical (unpaired) electrons. The third-order valence-corrected chi connectivity index (χ3v) is 4.23. The second kappa shape index (κ2) is 4.65. The standard InChI is InChI=1S/C16H18N2O/c1-10-6-7-13(8-11(10)2)16(19)18-17-15-9-12-4-3-5-14(12)15/h3-4,6-8,12,14H,5,9H2,1-2H3,(H,18,19)/b17-15-. The van der Waals surface area contributed by atoms with Gasteiger partial charge >= 0.3 is 0 Å². The zero-order valence-electron chi connectivity index (χ0n) is 11.3. The molecule has 2 unspecified atom stereocenters. The Labute approximate surface area is 113 Å². The van der Waals surface area contributed by atoms with Crippen molar-refractivity contribution in [1.82, 2.24) is 5.43 Å². The van der Waals surface area contributed by atoms with E-state index < -0.39 is 0 Å². The van der Waals surface area contributed by atoms with E-state index in [1.807, 2.05) is 32.0 Å². The Kier molecular flexibility index (Phi) is 2.97. The fraction of sp³-hybridized carbons (Fsp3) is 0.375. The zero-order chi connectivity index (χ0) is 13.4. The Morgan fingerprint density at radius 3 is 2.89 bits per heavy atom. The predicted molar refractivity (Wildman–Crippen MR) is 76.2 cm³/mol. The molecule has 0 saturated heterocycles. The Morgan fingerprint density at radius 1 is 1.32 bits per heavy atom. The highest BCUT2D eigenvalue weighted by Gasteiger charge is 2.37. The Bertz CT molecular complexity index is 586. The number of hydrazone groups is 1. The normalized spacial score (nSPS) is 26.1. The molecule has 1 saturated carbocycles. The molecule has 0 aliphatic heterocycles. The van der Waals surface area contributed by atoms with Gasteiger partial charge in [0.25, 0.3) is 5.91 Å². The van der Waals surface area contributed by atoms with E-state index >= 15 is 0 Å². The van der Waals surface area contributed by atoms with Crippen LogP contribution in [0.15, 0.2) is 35.5 Å². The maximum Gasteiger partial charge on any atom is 0.271 e. The van der Waals surface area contributed by atoms with Crippen LogP contribution >= 0.6 is 0 Å². The van der Waals surface area contributed by atoms with Gasteiger partial charge in [-0.3, -0.25) is 4.79 Å². The van der Waals surface area contributed by atoms with E-state index in [-0.39, 0.29) is 5.91 Å². The largest absolute Gasteiger partial charge is 0.271 e. The van der Waals surface area contributed by atoms with E-state index in [1.54, 1.807) is 0 Å². The first-order valence-corrected chi connectivity index (χ1v) is 6.76.